The number of hydrogen-bond acceptors (Lipinski definition) is 3. The second-order valence-corrected chi connectivity index (χ2v) is 4.13. The summed E-state index contributed by atoms with van der Waals surface area (Å²) in [6, 6.07) is 6.72. The molecule has 102 valence electrons. The number of hydrogen-bond donors (Lipinski definition) is 2. The van der Waals surface area contributed by atoms with E-state index in [-0.39, 0.29) is 13.0 Å². The van der Waals surface area contributed by atoms with Crippen molar-refractivity contribution >= 4 is 17.8 Å². The van der Waals surface area contributed by atoms with Gasteiger partial charge in [0.25, 0.3) is 5.91 Å². The number of carbonyl (C=O) groups is 3. The molecule has 0 aromatic heterocycles. The smallest absolute Gasteiger partial charge is 0.323 e. The molecular formula is C13H15NO5. The van der Waals surface area contributed by atoms with E-state index in [0.29, 0.717) is 5.56 Å². The highest BCUT2D eigenvalue weighted by Crippen LogP contribution is 2.08. The Morgan fingerprint density at radius 3 is 2.37 bits per heavy atom. The zero-order valence-corrected chi connectivity index (χ0v) is 10.5. The van der Waals surface area contributed by atoms with E-state index in [4.69, 9.17) is 10.2 Å². The van der Waals surface area contributed by atoms with Crippen LogP contribution in [0.1, 0.15) is 22.3 Å². The summed E-state index contributed by atoms with van der Waals surface area (Å²) in [7, 11) is 0. The average molecular weight is 265 g/mol. The lowest BCUT2D eigenvalue weighted by Crippen LogP contribution is -2.37. The quantitative estimate of drug-likeness (QED) is 0.800. The number of carbonyl (C=O) groups excluding carboxylic acids is 1. The average Bonchev–Trinajstić information content (AvgIpc) is 2.33. The lowest BCUT2D eigenvalue weighted by atomic mass is 10.1. The number of rotatable bonds is 6. The molecule has 0 heterocycles. The van der Waals surface area contributed by atoms with Crippen LogP contribution in [-0.2, 0) is 9.59 Å². The molecule has 2 N–H and O–H groups in total. The van der Waals surface area contributed by atoms with Gasteiger partial charge in [0.05, 0.1) is 6.42 Å². The van der Waals surface area contributed by atoms with Crippen molar-refractivity contribution in [3.05, 3.63) is 35.4 Å². The van der Waals surface area contributed by atoms with Gasteiger partial charge in [-0.15, -0.1) is 0 Å². The number of amides is 1. The summed E-state index contributed by atoms with van der Waals surface area (Å²) in [5, 5.41) is 17.4. The van der Waals surface area contributed by atoms with Gasteiger partial charge in [0.15, 0.2) is 0 Å². The predicted octanol–water partition coefficient (Wildman–Crippen LogP) is 0.997. The van der Waals surface area contributed by atoms with Crippen molar-refractivity contribution in [2.75, 3.05) is 13.1 Å². The van der Waals surface area contributed by atoms with Gasteiger partial charge in [-0.25, -0.2) is 0 Å². The van der Waals surface area contributed by atoms with Gasteiger partial charge < -0.3 is 15.1 Å². The molecule has 1 amide bonds. The van der Waals surface area contributed by atoms with E-state index in [2.05, 4.69) is 0 Å². The summed E-state index contributed by atoms with van der Waals surface area (Å²) in [5.74, 6) is -2.73. The van der Waals surface area contributed by atoms with Crippen LogP contribution < -0.4 is 0 Å². The molecule has 6 heteroatoms. The number of aliphatic carboxylic acids is 2. The van der Waals surface area contributed by atoms with Crippen LogP contribution in [0.15, 0.2) is 24.3 Å². The Kier molecular flexibility index (Phi) is 5.05. The number of carboxylic acids is 2. The first kappa shape index (κ1) is 14.7. The molecule has 0 spiro atoms. The van der Waals surface area contributed by atoms with Crippen LogP contribution in [0.5, 0.6) is 0 Å². The van der Waals surface area contributed by atoms with Gasteiger partial charge in [-0.3, -0.25) is 14.4 Å². The molecule has 0 aliphatic rings. The van der Waals surface area contributed by atoms with Gasteiger partial charge in [0.1, 0.15) is 6.54 Å². The Morgan fingerprint density at radius 2 is 1.84 bits per heavy atom. The molecule has 0 bridgehead atoms. The zero-order valence-electron chi connectivity index (χ0n) is 10.5. The highest BCUT2D eigenvalue weighted by molar-refractivity contribution is 5.96. The monoisotopic (exact) mass is 265 g/mol. The summed E-state index contributed by atoms with van der Waals surface area (Å²) >= 11 is 0. The first-order chi connectivity index (χ1) is 8.90. The van der Waals surface area contributed by atoms with Gasteiger partial charge in [0.2, 0.25) is 0 Å². The Labute approximate surface area is 110 Å². The molecule has 0 aliphatic heterocycles. The molecule has 0 unspecified atom stereocenters. The van der Waals surface area contributed by atoms with Gasteiger partial charge in [0, 0.05) is 12.1 Å². The Hall–Kier alpha value is -2.37. The van der Waals surface area contributed by atoms with Crippen LogP contribution in [-0.4, -0.2) is 46.0 Å². The minimum atomic E-state index is -1.17. The van der Waals surface area contributed by atoms with Crippen LogP contribution in [0.2, 0.25) is 0 Å². The van der Waals surface area contributed by atoms with E-state index in [1.54, 1.807) is 18.2 Å². The van der Waals surface area contributed by atoms with Crippen molar-refractivity contribution in [2.45, 2.75) is 13.3 Å². The standard InChI is InChI=1S/C13H15NO5/c1-9-3-2-4-10(7-9)13(19)14(8-12(17)18)6-5-11(15)16/h2-4,7H,5-6,8H2,1H3,(H,15,16)(H,17,18). The van der Waals surface area contributed by atoms with Crippen LogP contribution in [0.4, 0.5) is 0 Å². The summed E-state index contributed by atoms with van der Waals surface area (Å²) in [4.78, 5) is 34.4. The van der Waals surface area contributed by atoms with Gasteiger partial charge in [-0.1, -0.05) is 17.7 Å². The molecule has 19 heavy (non-hydrogen) atoms. The number of benzene rings is 1. The van der Waals surface area contributed by atoms with E-state index in [9.17, 15) is 14.4 Å². The van der Waals surface area contributed by atoms with Crippen molar-refractivity contribution in [1.82, 2.24) is 4.90 Å². The van der Waals surface area contributed by atoms with E-state index >= 15 is 0 Å². The fourth-order valence-corrected chi connectivity index (χ4v) is 1.61. The molecule has 0 fully saturated rings. The summed E-state index contributed by atoms with van der Waals surface area (Å²) in [6.45, 7) is 1.17. The minimum Gasteiger partial charge on any atom is -0.481 e. The van der Waals surface area contributed by atoms with E-state index in [0.717, 1.165) is 10.5 Å². The SMILES string of the molecule is Cc1cccc(C(=O)N(CCC(=O)O)CC(=O)O)c1. The van der Waals surface area contributed by atoms with Crippen molar-refractivity contribution in [2.24, 2.45) is 0 Å². The normalized spacial score (nSPS) is 9.95. The summed E-state index contributed by atoms with van der Waals surface area (Å²) in [6.07, 6.45) is -0.287. The maximum Gasteiger partial charge on any atom is 0.323 e. The fraction of sp³-hybridized carbons (Fsp3) is 0.308. The molecule has 0 atom stereocenters. The van der Waals surface area contributed by atoms with Gasteiger partial charge in [-0.2, -0.15) is 0 Å². The second-order valence-electron chi connectivity index (χ2n) is 4.13. The molecule has 1 aromatic rings. The van der Waals surface area contributed by atoms with Gasteiger partial charge >= 0.3 is 11.9 Å². The van der Waals surface area contributed by atoms with Crippen LogP contribution >= 0.6 is 0 Å². The molecule has 1 aromatic carbocycles. The van der Waals surface area contributed by atoms with E-state index in [1.807, 2.05) is 13.0 Å². The largest absolute Gasteiger partial charge is 0.481 e. The topological polar surface area (TPSA) is 94.9 Å². The third-order valence-electron chi connectivity index (χ3n) is 2.47. The van der Waals surface area contributed by atoms with Crippen molar-refractivity contribution in [3.8, 4) is 0 Å². The fourth-order valence-electron chi connectivity index (χ4n) is 1.61. The van der Waals surface area contributed by atoms with E-state index < -0.39 is 24.4 Å². The van der Waals surface area contributed by atoms with Crippen molar-refractivity contribution in [3.63, 3.8) is 0 Å². The lowest BCUT2D eigenvalue weighted by Gasteiger charge is -2.20. The van der Waals surface area contributed by atoms with Crippen molar-refractivity contribution < 1.29 is 24.6 Å². The first-order valence-electron chi connectivity index (χ1n) is 5.69. The number of nitrogens with zero attached hydrogens (tertiary/aromatic N) is 1. The molecule has 1 rings (SSSR count). The molecule has 0 aliphatic carbocycles. The van der Waals surface area contributed by atoms with Crippen molar-refractivity contribution in [1.29, 1.82) is 0 Å². The van der Waals surface area contributed by atoms with Crippen LogP contribution in [0.3, 0.4) is 0 Å². The summed E-state index contributed by atoms with van der Waals surface area (Å²) < 4.78 is 0. The molecule has 6 nitrogen and oxygen atoms in total. The Balaban J connectivity index is 2.86. The van der Waals surface area contributed by atoms with Crippen LogP contribution in [0, 0.1) is 6.92 Å². The molecule has 0 radical (unpaired) electrons. The maximum absolute atomic E-state index is 12.1. The first-order valence-corrected chi connectivity index (χ1v) is 5.69. The number of aryl methyl sites for hydroxylation is 1. The van der Waals surface area contributed by atoms with E-state index in [1.165, 1.54) is 0 Å². The molecule has 0 saturated carbocycles. The van der Waals surface area contributed by atoms with Crippen LogP contribution in [0.25, 0.3) is 0 Å². The maximum atomic E-state index is 12.1. The molecule has 0 saturated heterocycles. The summed E-state index contributed by atoms with van der Waals surface area (Å²) in [5.41, 5.74) is 1.23. The highest BCUT2D eigenvalue weighted by Gasteiger charge is 2.19. The third-order valence-corrected chi connectivity index (χ3v) is 2.47. The number of carboxylic acid groups (broad SMARTS) is 2. The zero-order chi connectivity index (χ0) is 14.4. The predicted molar refractivity (Wildman–Crippen MR) is 67.0 cm³/mol. The third kappa shape index (κ3) is 4.79. The molecular weight excluding hydrogens is 250 g/mol. The van der Waals surface area contributed by atoms with Gasteiger partial charge in [-0.05, 0) is 19.1 Å². The second kappa shape index (κ2) is 6.53. The Morgan fingerprint density at radius 1 is 1.16 bits per heavy atom. The highest BCUT2D eigenvalue weighted by atomic mass is 16.4. The Bertz CT molecular complexity index is 498. The lowest BCUT2D eigenvalue weighted by molar-refractivity contribution is -0.140. The minimum absolute atomic E-state index is 0.131.